The van der Waals surface area contributed by atoms with Crippen molar-refractivity contribution in [2.24, 2.45) is 0 Å². The fourth-order valence-electron chi connectivity index (χ4n) is 1.59. The molecule has 1 unspecified atom stereocenters. The van der Waals surface area contributed by atoms with Gasteiger partial charge in [0.2, 0.25) is 0 Å². The summed E-state index contributed by atoms with van der Waals surface area (Å²) in [6.45, 7) is 6.20. The number of benzene rings is 1. The topological polar surface area (TPSA) is 50.4 Å². The molecule has 1 rings (SSSR count). The first-order valence-corrected chi connectivity index (χ1v) is 6.11. The fourth-order valence-corrected chi connectivity index (χ4v) is 1.59. The quantitative estimate of drug-likeness (QED) is 0.863. The number of hydrogen-bond acceptors (Lipinski definition) is 3. The van der Waals surface area contributed by atoms with Crippen LogP contribution in [-0.2, 0) is 4.74 Å². The van der Waals surface area contributed by atoms with Gasteiger partial charge in [-0.1, -0.05) is 30.3 Å². The molecule has 0 aliphatic heterocycles. The SMILES string of the molecule is CNCC(NC(=O)OC(C)(C)C)c1ccccc1. The third-order valence-corrected chi connectivity index (χ3v) is 2.30. The lowest BCUT2D eigenvalue weighted by molar-refractivity contribution is 0.0503. The number of carbonyl (C=O) groups excluding carboxylic acids is 1. The summed E-state index contributed by atoms with van der Waals surface area (Å²) in [7, 11) is 1.85. The first-order chi connectivity index (χ1) is 8.42. The van der Waals surface area contributed by atoms with Crippen molar-refractivity contribution in [1.82, 2.24) is 10.6 Å². The van der Waals surface area contributed by atoms with Gasteiger partial charge < -0.3 is 15.4 Å². The Labute approximate surface area is 109 Å². The molecule has 2 N–H and O–H groups in total. The van der Waals surface area contributed by atoms with E-state index in [1.807, 2.05) is 58.2 Å². The molecule has 0 fully saturated rings. The third kappa shape index (κ3) is 5.19. The Morgan fingerprint density at radius 3 is 2.39 bits per heavy atom. The zero-order chi connectivity index (χ0) is 13.6. The van der Waals surface area contributed by atoms with Crippen molar-refractivity contribution in [3.8, 4) is 0 Å². The molecule has 0 heterocycles. The summed E-state index contributed by atoms with van der Waals surface area (Å²) in [5.41, 5.74) is 0.572. The second-order valence-electron chi connectivity index (χ2n) is 5.17. The minimum atomic E-state index is -0.481. The molecule has 100 valence electrons. The largest absolute Gasteiger partial charge is 0.444 e. The van der Waals surface area contributed by atoms with Crippen LogP contribution in [-0.4, -0.2) is 25.3 Å². The molecule has 1 aromatic carbocycles. The van der Waals surface area contributed by atoms with Gasteiger partial charge in [0, 0.05) is 6.54 Å². The standard InChI is InChI=1S/C14H22N2O2/c1-14(2,3)18-13(17)16-12(10-15-4)11-8-6-5-7-9-11/h5-9,12,15H,10H2,1-4H3,(H,16,17). The smallest absolute Gasteiger partial charge is 0.408 e. The van der Waals surface area contributed by atoms with E-state index in [1.165, 1.54) is 0 Å². The Balaban J connectivity index is 2.67. The summed E-state index contributed by atoms with van der Waals surface area (Å²) >= 11 is 0. The molecule has 4 heteroatoms. The second-order valence-corrected chi connectivity index (χ2v) is 5.17. The van der Waals surface area contributed by atoms with Gasteiger partial charge in [-0.25, -0.2) is 4.79 Å². The number of rotatable bonds is 4. The van der Waals surface area contributed by atoms with Crippen LogP contribution in [0.3, 0.4) is 0 Å². The van der Waals surface area contributed by atoms with Crippen molar-refractivity contribution in [1.29, 1.82) is 0 Å². The molecule has 1 atom stereocenters. The zero-order valence-corrected chi connectivity index (χ0v) is 11.5. The third-order valence-electron chi connectivity index (χ3n) is 2.30. The number of ether oxygens (including phenoxy) is 1. The molecule has 0 aliphatic rings. The van der Waals surface area contributed by atoms with Crippen LogP contribution >= 0.6 is 0 Å². The number of carbonyl (C=O) groups is 1. The molecule has 0 saturated carbocycles. The average Bonchev–Trinajstić information content (AvgIpc) is 2.27. The molecule has 0 aliphatic carbocycles. The van der Waals surface area contributed by atoms with Crippen LogP contribution in [0.15, 0.2) is 30.3 Å². The molecule has 18 heavy (non-hydrogen) atoms. The van der Waals surface area contributed by atoms with Crippen LogP contribution in [0.25, 0.3) is 0 Å². The van der Waals surface area contributed by atoms with E-state index in [1.54, 1.807) is 0 Å². The second kappa shape index (κ2) is 6.40. The Bertz CT molecular complexity index is 371. The highest BCUT2D eigenvalue weighted by Crippen LogP contribution is 2.13. The predicted octanol–water partition coefficient (Wildman–Crippen LogP) is 2.47. The van der Waals surface area contributed by atoms with Crippen LogP contribution in [0.4, 0.5) is 4.79 Å². The predicted molar refractivity (Wildman–Crippen MR) is 72.5 cm³/mol. The zero-order valence-electron chi connectivity index (χ0n) is 11.5. The Morgan fingerprint density at radius 1 is 1.28 bits per heavy atom. The van der Waals surface area contributed by atoms with E-state index >= 15 is 0 Å². The first-order valence-electron chi connectivity index (χ1n) is 6.11. The molecule has 1 aromatic rings. The number of amides is 1. The summed E-state index contributed by atoms with van der Waals surface area (Å²) in [6.07, 6.45) is -0.397. The lowest BCUT2D eigenvalue weighted by Crippen LogP contribution is -2.38. The molecular formula is C14H22N2O2. The van der Waals surface area contributed by atoms with Gasteiger partial charge in [-0.15, -0.1) is 0 Å². The number of nitrogens with one attached hydrogen (secondary N) is 2. The molecule has 0 saturated heterocycles. The molecule has 0 radical (unpaired) electrons. The Morgan fingerprint density at radius 2 is 1.89 bits per heavy atom. The van der Waals surface area contributed by atoms with Crippen LogP contribution in [0, 0.1) is 0 Å². The van der Waals surface area contributed by atoms with E-state index in [2.05, 4.69) is 10.6 Å². The van der Waals surface area contributed by atoms with Gasteiger partial charge in [-0.05, 0) is 33.4 Å². The summed E-state index contributed by atoms with van der Waals surface area (Å²) in [4.78, 5) is 11.8. The summed E-state index contributed by atoms with van der Waals surface area (Å²) in [6, 6.07) is 9.74. The summed E-state index contributed by atoms with van der Waals surface area (Å²) < 4.78 is 5.26. The maximum absolute atomic E-state index is 11.8. The average molecular weight is 250 g/mol. The maximum atomic E-state index is 11.8. The van der Waals surface area contributed by atoms with Crippen molar-refractivity contribution < 1.29 is 9.53 Å². The van der Waals surface area contributed by atoms with Crippen molar-refractivity contribution in [2.75, 3.05) is 13.6 Å². The van der Waals surface area contributed by atoms with E-state index in [0.717, 1.165) is 5.56 Å². The van der Waals surface area contributed by atoms with Gasteiger partial charge in [0.15, 0.2) is 0 Å². The summed E-state index contributed by atoms with van der Waals surface area (Å²) in [5, 5.41) is 5.93. The van der Waals surface area contributed by atoms with Crippen LogP contribution in [0.5, 0.6) is 0 Å². The van der Waals surface area contributed by atoms with Crippen molar-refractivity contribution in [2.45, 2.75) is 32.4 Å². The van der Waals surface area contributed by atoms with E-state index in [0.29, 0.717) is 6.54 Å². The van der Waals surface area contributed by atoms with Gasteiger partial charge in [-0.3, -0.25) is 0 Å². The van der Waals surface area contributed by atoms with Gasteiger partial charge in [0.05, 0.1) is 6.04 Å². The number of alkyl carbamates (subject to hydrolysis) is 1. The van der Waals surface area contributed by atoms with Crippen molar-refractivity contribution in [3.63, 3.8) is 0 Å². The number of likely N-dealkylation sites (N-methyl/N-ethyl adjacent to an activating group) is 1. The van der Waals surface area contributed by atoms with Crippen molar-refractivity contribution in [3.05, 3.63) is 35.9 Å². The Kier molecular flexibility index (Phi) is 5.16. The molecule has 4 nitrogen and oxygen atoms in total. The Hall–Kier alpha value is -1.55. The van der Waals surface area contributed by atoms with Crippen LogP contribution in [0.2, 0.25) is 0 Å². The van der Waals surface area contributed by atoms with E-state index in [4.69, 9.17) is 4.74 Å². The van der Waals surface area contributed by atoms with E-state index in [-0.39, 0.29) is 6.04 Å². The summed E-state index contributed by atoms with van der Waals surface area (Å²) in [5.74, 6) is 0. The monoisotopic (exact) mass is 250 g/mol. The van der Waals surface area contributed by atoms with Crippen LogP contribution < -0.4 is 10.6 Å². The maximum Gasteiger partial charge on any atom is 0.408 e. The van der Waals surface area contributed by atoms with Crippen molar-refractivity contribution >= 4 is 6.09 Å². The molecule has 0 bridgehead atoms. The highest BCUT2D eigenvalue weighted by molar-refractivity contribution is 5.68. The molecule has 0 aromatic heterocycles. The van der Waals surface area contributed by atoms with Crippen LogP contribution in [0.1, 0.15) is 32.4 Å². The highest BCUT2D eigenvalue weighted by Gasteiger charge is 2.19. The fraction of sp³-hybridized carbons (Fsp3) is 0.500. The first kappa shape index (κ1) is 14.5. The lowest BCUT2D eigenvalue weighted by atomic mass is 10.1. The normalized spacial score (nSPS) is 12.9. The van der Waals surface area contributed by atoms with Gasteiger partial charge >= 0.3 is 6.09 Å². The van der Waals surface area contributed by atoms with E-state index in [9.17, 15) is 4.79 Å². The van der Waals surface area contributed by atoms with E-state index < -0.39 is 11.7 Å². The molecular weight excluding hydrogens is 228 g/mol. The molecule has 0 spiro atoms. The number of hydrogen-bond donors (Lipinski definition) is 2. The minimum absolute atomic E-state index is 0.0916. The molecule has 1 amide bonds. The lowest BCUT2D eigenvalue weighted by Gasteiger charge is -2.23. The minimum Gasteiger partial charge on any atom is -0.444 e. The van der Waals surface area contributed by atoms with Gasteiger partial charge in [0.25, 0.3) is 0 Å². The van der Waals surface area contributed by atoms with Gasteiger partial charge in [0.1, 0.15) is 5.60 Å². The highest BCUT2D eigenvalue weighted by atomic mass is 16.6. The van der Waals surface area contributed by atoms with Gasteiger partial charge in [-0.2, -0.15) is 0 Å².